The van der Waals surface area contributed by atoms with Gasteiger partial charge in [0.25, 0.3) is 0 Å². The summed E-state index contributed by atoms with van der Waals surface area (Å²) in [6.07, 6.45) is 3.68. The number of halogens is 2. The molecule has 0 aliphatic carbocycles. The molecule has 0 unspecified atom stereocenters. The quantitative estimate of drug-likeness (QED) is 0.626. The topological polar surface area (TPSA) is 25.2 Å². The Kier molecular flexibility index (Phi) is 4.12. The van der Waals surface area contributed by atoms with Crippen molar-refractivity contribution in [3.8, 4) is 0 Å². The van der Waals surface area contributed by atoms with Crippen molar-refractivity contribution in [2.24, 2.45) is 0 Å². The van der Waals surface area contributed by atoms with Gasteiger partial charge in [0.1, 0.15) is 5.82 Å². The highest BCUT2D eigenvalue weighted by atomic mass is 79.9. The van der Waals surface area contributed by atoms with Crippen LogP contribution in [0, 0.1) is 12.7 Å². The van der Waals surface area contributed by atoms with Gasteiger partial charge in [-0.05, 0) is 65.0 Å². The minimum atomic E-state index is -0.167. The third-order valence-electron chi connectivity index (χ3n) is 4.75. The highest BCUT2D eigenvalue weighted by molar-refractivity contribution is 9.10. The van der Waals surface area contributed by atoms with Gasteiger partial charge in [0, 0.05) is 28.7 Å². The second kappa shape index (κ2) is 6.30. The molecular formula is C20H18BrFN2O. The predicted octanol–water partition coefficient (Wildman–Crippen LogP) is 4.62. The van der Waals surface area contributed by atoms with E-state index in [-0.39, 0.29) is 11.2 Å². The molecule has 0 radical (unpaired) electrons. The lowest BCUT2D eigenvalue weighted by molar-refractivity contribution is 0.563. The maximum Gasteiger partial charge on any atom is 0.189 e. The summed E-state index contributed by atoms with van der Waals surface area (Å²) in [5.74, 6) is -0.167. The molecule has 128 valence electrons. The number of hydrogen-bond acceptors (Lipinski definition) is 2. The van der Waals surface area contributed by atoms with Crippen LogP contribution in [0.25, 0.3) is 10.9 Å². The molecule has 3 nitrogen and oxygen atoms in total. The van der Waals surface area contributed by atoms with Gasteiger partial charge in [0.15, 0.2) is 5.43 Å². The first-order valence-corrected chi connectivity index (χ1v) is 9.15. The first-order chi connectivity index (χ1) is 12.0. The third kappa shape index (κ3) is 2.86. The number of para-hydroxylation sites is 1. The van der Waals surface area contributed by atoms with Crippen molar-refractivity contribution in [1.29, 1.82) is 0 Å². The van der Waals surface area contributed by atoms with E-state index in [1.165, 1.54) is 0 Å². The Labute approximate surface area is 153 Å². The van der Waals surface area contributed by atoms with Crippen LogP contribution in [-0.2, 0) is 13.1 Å². The molecule has 3 aromatic rings. The Bertz CT molecular complexity index is 1030. The zero-order chi connectivity index (χ0) is 17.6. The molecule has 0 N–H and O–H groups in total. The first-order valence-electron chi connectivity index (χ1n) is 8.36. The Balaban J connectivity index is 1.82. The zero-order valence-corrected chi connectivity index (χ0v) is 15.5. The predicted molar refractivity (Wildman–Crippen MR) is 103 cm³/mol. The summed E-state index contributed by atoms with van der Waals surface area (Å²) in [4.78, 5) is 14.2. The van der Waals surface area contributed by atoms with Crippen LogP contribution < -0.4 is 10.3 Å². The van der Waals surface area contributed by atoms with Crippen molar-refractivity contribution in [1.82, 2.24) is 4.57 Å². The molecular weight excluding hydrogens is 383 g/mol. The van der Waals surface area contributed by atoms with Crippen molar-refractivity contribution in [2.45, 2.75) is 26.4 Å². The average Bonchev–Trinajstić information content (AvgIpc) is 2.57. The second-order valence-electron chi connectivity index (χ2n) is 6.55. The van der Waals surface area contributed by atoms with E-state index in [1.807, 2.05) is 29.7 Å². The molecule has 1 aromatic heterocycles. The molecule has 0 atom stereocenters. The van der Waals surface area contributed by atoms with E-state index in [2.05, 4.69) is 26.9 Å². The molecule has 0 fully saturated rings. The van der Waals surface area contributed by atoms with E-state index in [1.54, 1.807) is 18.3 Å². The van der Waals surface area contributed by atoms with Crippen molar-refractivity contribution >= 4 is 32.5 Å². The molecule has 1 aliphatic rings. The van der Waals surface area contributed by atoms with Gasteiger partial charge in [-0.2, -0.15) is 0 Å². The van der Waals surface area contributed by atoms with Crippen LogP contribution in [0.15, 0.2) is 51.9 Å². The van der Waals surface area contributed by atoms with Gasteiger partial charge < -0.3 is 9.47 Å². The lowest BCUT2D eigenvalue weighted by atomic mass is 9.99. The average molecular weight is 401 g/mol. The fourth-order valence-corrected chi connectivity index (χ4v) is 4.29. The molecule has 0 bridgehead atoms. The normalized spacial score (nSPS) is 14.0. The van der Waals surface area contributed by atoms with Gasteiger partial charge in [0.2, 0.25) is 0 Å². The second-order valence-corrected chi connectivity index (χ2v) is 7.40. The summed E-state index contributed by atoms with van der Waals surface area (Å²) in [5, 5.41) is 0.665. The highest BCUT2D eigenvalue weighted by Gasteiger charge is 2.22. The van der Waals surface area contributed by atoms with E-state index in [4.69, 9.17) is 0 Å². The molecule has 0 spiro atoms. The number of fused-ring (bicyclic) bond motifs is 2. The van der Waals surface area contributed by atoms with Crippen LogP contribution in [0.2, 0.25) is 0 Å². The van der Waals surface area contributed by atoms with E-state index in [0.717, 1.165) is 40.5 Å². The Hall–Kier alpha value is -2.14. The van der Waals surface area contributed by atoms with Crippen LogP contribution in [0.3, 0.4) is 0 Å². The first kappa shape index (κ1) is 16.3. The van der Waals surface area contributed by atoms with Gasteiger partial charge in [-0.15, -0.1) is 0 Å². The largest absolute Gasteiger partial charge is 0.351 e. The number of anilines is 1. The van der Waals surface area contributed by atoms with Crippen molar-refractivity contribution < 1.29 is 4.39 Å². The van der Waals surface area contributed by atoms with Crippen LogP contribution in [0.4, 0.5) is 10.1 Å². The Morgan fingerprint density at radius 1 is 1.24 bits per heavy atom. The third-order valence-corrected chi connectivity index (χ3v) is 5.39. The number of rotatable bonds is 2. The molecule has 0 saturated heterocycles. The number of nitrogens with zero attached hydrogens (tertiary/aromatic N) is 2. The zero-order valence-electron chi connectivity index (χ0n) is 13.9. The van der Waals surface area contributed by atoms with E-state index in [9.17, 15) is 9.18 Å². The van der Waals surface area contributed by atoms with Gasteiger partial charge in [-0.3, -0.25) is 4.79 Å². The summed E-state index contributed by atoms with van der Waals surface area (Å²) in [7, 11) is 0. The van der Waals surface area contributed by atoms with E-state index >= 15 is 0 Å². The molecule has 5 heteroatoms. The lowest BCUT2D eigenvalue weighted by Gasteiger charge is -2.33. The number of aryl methyl sites for hydroxylation is 2. The van der Waals surface area contributed by atoms with Crippen LogP contribution in [0.5, 0.6) is 0 Å². The smallest absolute Gasteiger partial charge is 0.189 e. The summed E-state index contributed by atoms with van der Waals surface area (Å²) >= 11 is 3.55. The van der Waals surface area contributed by atoms with E-state index in [0.29, 0.717) is 17.7 Å². The monoisotopic (exact) mass is 400 g/mol. The minimum Gasteiger partial charge on any atom is -0.351 e. The lowest BCUT2D eigenvalue weighted by Crippen LogP contribution is -2.33. The minimum absolute atomic E-state index is 0.00611. The fraction of sp³-hybridized carbons (Fsp3) is 0.250. The fourth-order valence-electron chi connectivity index (χ4n) is 3.69. The number of benzene rings is 2. The molecule has 4 rings (SSSR count). The number of hydrogen-bond donors (Lipinski definition) is 0. The van der Waals surface area contributed by atoms with Crippen LogP contribution in [0.1, 0.15) is 17.5 Å². The summed E-state index contributed by atoms with van der Waals surface area (Å²) < 4.78 is 17.5. The SMILES string of the molecule is Cc1cc(F)c2c(c1)CCCN2Cn1ccc(=O)c2cccc(Br)c21. The van der Waals surface area contributed by atoms with E-state index < -0.39 is 0 Å². The molecule has 0 saturated carbocycles. The maximum absolute atomic E-state index is 14.6. The summed E-state index contributed by atoms with van der Waals surface area (Å²) in [6.45, 7) is 3.23. The van der Waals surface area contributed by atoms with Gasteiger partial charge in [-0.25, -0.2) is 4.39 Å². The van der Waals surface area contributed by atoms with Gasteiger partial charge >= 0.3 is 0 Å². The molecule has 25 heavy (non-hydrogen) atoms. The summed E-state index contributed by atoms with van der Waals surface area (Å²) in [6, 6.07) is 10.8. The molecule has 2 heterocycles. The standard InChI is InChI=1S/C20H18BrFN2O/c1-13-10-14-4-3-8-23(19(14)17(22)11-13)12-24-9-7-18(25)15-5-2-6-16(21)20(15)24/h2,5-7,9-11H,3-4,8,12H2,1H3. The molecule has 0 amide bonds. The van der Waals surface area contributed by atoms with Crippen molar-refractivity contribution in [2.75, 3.05) is 11.4 Å². The highest BCUT2D eigenvalue weighted by Crippen LogP contribution is 2.32. The van der Waals surface area contributed by atoms with Crippen LogP contribution >= 0.6 is 15.9 Å². The maximum atomic E-state index is 14.6. The Morgan fingerprint density at radius 2 is 2.08 bits per heavy atom. The Morgan fingerprint density at radius 3 is 2.92 bits per heavy atom. The van der Waals surface area contributed by atoms with Crippen LogP contribution in [-0.4, -0.2) is 11.1 Å². The van der Waals surface area contributed by atoms with Crippen molar-refractivity contribution in [3.63, 3.8) is 0 Å². The molecule has 1 aliphatic heterocycles. The summed E-state index contributed by atoms with van der Waals surface area (Å²) in [5.41, 5.74) is 3.54. The van der Waals surface area contributed by atoms with Crippen molar-refractivity contribution in [3.05, 3.63) is 74.2 Å². The van der Waals surface area contributed by atoms with Gasteiger partial charge in [0.05, 0.1) is 17.9 Å². The number of aromatic nitrogens is 1. The van der Waals surface area contributed by atoms with Gasteiger partial charge in [-0.1, -0.05) is 12.1 Å². The molecule has 2 aromatic carbocycles. The number of pyridine rings is 1.